The van der Waals surface area contributed by atoms with Crippen LogP contribution in [0.2, 0.25) is 0 Å². The van der Waals surface area contributed by atoms with Crippen molar-refractivity contribution in [2.24, 2.45) is 0 Å². The molecule has 2 aromatic rings. The van der Waals surface area contributed by atoms with Crippen molar-refractivity contribution in [3.63, 3.8) is 0 Å². The summed E-state index contributed by atoms with van der Waals surface area (Å²) >= 11 is 0. The van der Waals surface area contributed by atoms with E-state index in [1.807, 2.05) is 6.07 Å². The molecular formula is C15H10BN3O4. The molecule has 1 amide bonds. The van der Waals surface area contributed by atoms with E-state index in [1.54, 1.807) is 24.3 Å². The predicted molar refractivity (Wildman–Crippen MR) is 80.5 cm³/mol. The fourth-order valence-electron chi connectivity index (χ4n) is 1.90. The molecule has 0 fully saturated rings. The summed E-state index contributed by atoms with van der Waals surface area (Å²) in [4.78, 5) is 26.8. The number of carboxylic acid groups (broad SMARTS) is 1. The lowest BCUT2D eigenvalue weighted by atomic mass is 10.0. The van der Waals surface area contributed by atoms with Crippen LogP contribution in [-0.4, -0.2) is 46.4 Å². The van der Waals surface area contributed by atoms with Gasteiger partial charge >= 0.3 is 5.97 Å². The van der Waals surface area contributed by atoms with E-state index in [9.17, 15) is 14.7 Å². The van der Waals surface area contributed by atoms with Gasteiger partial charge in [-0.15, -0.1) is 0 Å². The average molecular weight is 307 g/mol. The first kappa shape index (κ1) is 16.0. The van der Waals surface area contributed by atoms with Gasteiger partial charge in [0.05, 0.1) is 11.6 Å². The van der Waals surface area contributed by atoms with Gasteiger partial charge in [-0.2, -0.15) is 5.26 Å². The molecule has 0 spiro atoms. The van der Waals surface area contributed by atoms with Crippen molar-refractivity contribution in [1.29, 1.82) is 5.26 Å². The smallest absolute Gasteiger partial charge is 0.321 e. The highest BCUT2D eigenvalue weighted by Crippen LogP contribution is 2.25. The van der Waals surface area contributed by atoms with E-state index < -0.39 is 24.2 Å². The van der Waals surface area contributed by atoms with Gasteiger partial charge in [-0.1, -0.05) is 12.1 Å². The summed E-state index contributed by atoms with van der Waals surface area (Å²) in [5.41, 5.74) is 1.23. The Morgan fingerprint density at radius 3 is 2.65 bits per heavy atom. The van der Waals surface area contributed by atoms with E-state index in [4.69, 9.17) is 18.3 Å². The summed E-state index contributed by atoms with van der Waals surface area (Å²) in [7, 11) is 5.32. The zero-order valence-corrected chi connectivity index (χ0v) is 11.8. The van der Waals surface area contributed by atoms with E-state index in [-0.39, 0.29) is 5.69 Å². The molecule has 112 valence electrons. The average Bonchev–Trinajstić information content (AvgIpc) is 2.53. The quantitative estimate of drug-likeness (QED) is 0.812. The molecule has 2 N–H and O–H groups in total. The molecule has 8 heteroatoms. The third kappa shape index (κ3) is 3.65. The first-order valence-corrected chi connectivity index (χ1v) is 6.40. The Labute approximate surface area is 132 Å². The molecule has 0 unspecified atom stereocenters. The number of nitrogens with zero attached hydrogens (tertiary/aromatic N) is 3. The minimum Gasteiger partial charge on any atom is -0.505 e. The second kappa shape index (κ2) is 6.62. The second-order valence-corrected chi connectivity index (χ2v) is 4.61. The summed E-state index contributed by atoms with van der Waals surface area (Å²) in [6, 6.07) is 9.94. The van der Waals surface area contributed by atoms with Crippen molar-refractivity contribution in [3.05, 3.63) is 47.8 Å². The first-order chi connectivity index (χ1) is 10.9. The number of rotatable bonds is 4. The molecule has 1 aromatic heterocycles. The Balaban J connectivity index is 2.32. The van der Waals surface area contributed by atoms with E-state index in [0.717, 1.165) is 0 Å². The lowest BCUT2D eigenvalue weighted by molar-refractivity contribution is -0.136. The number of aromatic hydroxyl groups is 1. The molecule has 0 aliphatic carbocycles. The van der Waals surface area contributed by atoms with Crippen LogP contribution in [0.15, 0.2) is 36.5 Å². The molecule has 0 atom stereocenters. The fourth-order valence-corrected chi connectivity index (χ4v) is 1.90. The van der Waals surface area contributed by atoms with E-state index in [0.29, 0.717) is 21.5 Å². The van der Waals surface area contributed by atoms with Crippen molar-refractivity contribution in [2.45, 2.75) is 0 Å². The van der Waals surface area contributed by atoms with Gasteiger partial charge in [0.1, 0.15) is 12.3 Å². The lowest BCUT2D eigenvalue weighted by Crippen LogP contribution is -2.33. The van der Waals surface area contributed by atoms with Crippen LogP contribution < -0.4 is 0 Å². The Morgan fingerprint density at radius 2 is 2.04 bits per heavy atom. The standard InChI is InChI=1S/C15H10BN3O4/c16-19(8-13(21)22)15(23)14-12(20)5-11(7-18-14)10-3-1-2-9(4-10)6-17/h1-5,7,20H,8H2,(H,21,22). The van der Waals surface area contributed by atoms with Crippen LogP contribution in [0.5, 0.6) is 5.75 Å². The van der Waals surface area contributed by atoms with Crippen LogP contribution in [0.25, 0.3) is 11.1 Å². The highest BCUT2D eigenvalue weighted by Gasteiger charge is 2.19. The third-order valence-electron chi connectivity index (χ3n) is 2.96. The molecule has 2 radical (unpaired) electrons. The summed E-state index contributed by atoms with van der Waals surface area (Å²) in [6.07, 6.45) is 1.33. The molecule has 0 aliphatic heterocycles. The maximum Gasteiger partial charge on any atom is 0.321 e. The summed E-state index contributed by atoms with van der Waals surface area (Å²) < 4.78 is 0. The number of benzene rings is 1. The number of carboxylic acids is 1. The Bertz CT molecular complexity index is 817. The molecule has 1 aromatic carbocycles. The molecule has 2 rings (SSSR count). The number of hydrogen-bond donors (Lipinski definition) is 2. The number of hydrogen-bond acceptors (Lipinski definition) is 5. The van der Waals surface area contributed by atoms with Gasteiger partial charge in [0.2, 0.25) is 7.98 Å². The van der Waals surface area contributed by atoms with Gasteiger partial charge in [0, 0.05) is 11.8 Å². The second-order valence-electron chi connectivity index (χ2n) is 4.61. The monoisotopic (exact) mass is 307 g/mol. The number of aliphatic carboxylic acids is 1. The molecule has 0 saturated carbocycles. The lowest BCUT2D eigenvalue weighted by Gasteiger charge is -2.15. The Morgan fingerprint density at radius 1 is 1.30 bits per heavy atom. The van der Waals surface area contributed by atoms with Crippen molar-refractivity contribution >= 4 is 19.9 Å². The first-order valence-electron chi connectivity index (χ1n) is 6.40. The number of amides is 1. The van der Waals surface area contributed by atoms with E-state index >= 15 is 0 Å². The van der Waals surface area contributed by atoms with E-state index in [1.165, 1.54) is 12.3 Å². The molecule has 0 bridgehead atoms. The van der Waals surface area contributed by atoms with Crippen LogP contribution in [-0.2, 0) is 4.79 Å². The van der Waals surface area contributed by atoms with E-state index in [2.05, 4.69) is 4.98 Å². The zero-order valence-electron chi connectivity index (χ0n) is 11.8. The minimum atomic E-state index is -1.29. The van der Waals surface area contributed by atoms with Crippen molar-refractivity contribution in [2.75, 3.05) is 6.54 Å². The summed E-state index contributed by atoms with van der Waals surface area (Å²) in [6.45, 7) is -0.716. The molecule has 23 heavy (non-hydrogen) atoms. The number of nitriles is 1. The van der Waals surface area contributed by atoms with Crippen LogP contribution >= 0.6 is 0 Å². The highest BCUT2D eigenvalue weighted by molar-refractivity contribution is 6.19. The van der Waals surface area contributed by atoms with Crippen LogP contribution in [0.3, 0.4) is 0 Å². The highest BCUT2D eigenvalue weighted by atomic mass is 16.4. The van der Waals surface area contributed by atoms with Gasteiger partial charge in [-0.25, -0.2) is 4.98 Å². The number of pyridine rings is 1. The van der Waals surface area contributed by atoms with Gasteiger partial charge in [0.15, 0.2) is 5.69 Å². The molecule has 0 saturated heterocycles. The third-order valence-corrected chi connectivity index (χ3v) is 2.96. The summed E-state index contributed by atoms with van der Waals surface area (Å²) in [5, 5.41) is 27.4. The minimum absolute atomic E-state index is 0.353. The van der Waals surface area contributed by atoms with Crippen LogP contribution in [0, 0.1) is 11.3 Å². The normalized spacial score (nSPS) is 9.87. The zero-order chi connectivity index (χ0) is 17.0. The number of carbonyl (C=O) groups is 2. The van der Waals surface area contributed by atoms with Gasteiger partial charge in [-0.05, 0) is 23.8 Å². The summed E-state index contributed by atoms with van der Waals surface area (Å²) in [5.74, 6) is -2.64. The number of aromatic nitrogens is 1. The Hall–Kier alpha value is -3.34. The molecular weight excluding hydrogens is 297 g/mol. The number of carbonyl (C=O) groups excluding carboxylic acids is 1. The van der Waals surface area contributed by atoms with Crippen molar-refractivity contribution in [3.8, 4) is 22.9 Å². The topological polar surface area (TPSA) is 115 Å². The van der Waals surface area contributed by atoms with Crippen molar-refractivity contribution < 1.29 is 19.8 Å². The molecule has 1 heterocycles. The van der Waals surface area contributed by atoms with Gasteiger partial charge in [-0.3, -0.25) is 9.59 Å². The largest absolute Gasteiger partial charge is 0.505 e. The van der Waals surface area contributed by atoms with Crippen LogP contribution in [0.4, 0.5) is 0 Å². The molecule has 0 aliphatic rings. The Kier molecular flexibility index (Phi) is 4.62. The predicted octanol–water partition coefficient (Wildman–Crippen LogP) is 0.936. The fraction of sp³-hybridized carbons (Fsp3) is 0.0667. The van der Waals surface area contributed by atoms with Crippen LogP contribution in [0.1, 0.15) is 16.1 Å². The molecule has 7 nitrogen and oxygen atoms in total. The van der Waals surface area contributed by atoms with Gasteiger partial charge in [0.25, 0.3) is 5.91 Å². The maximum atomic E-state index is 11.9. The SMILES string of the molecule is [B]N(CC(=O)O)C(=O)c1ncc(-c2cccc(C#N)c2)cc1O. The van der Waals surface area contributed by atoms with Crippen molar-refractivity contribution in [1.82, 2.24) is 9.79 Å². The maximum absolute atomic E-state index is 11.9. The van der Waals surface area contributed by atoms with Gasteiger partial charge < -0.3 is 15.0 Å².